The fourth-order valence-electron chi connectivity index (χ4n) is 4.74. The summed E-state index contributed by atoms with van der Waals surface area (Å²) in [6.07, 6.45) is 30.7. The molecule has 1 aliphatic heterocycles. The summed E-state index contributed by atoms with van der Waals surface area (Å²) in [6.45, 7) is 6.42. The minimum Gasteiger partial charge on any atom is -0.462 e. The lowest BCUT2D eigenvalue weighted by Gasteiger charge is -2.40. The van der Waals surface area contributed by atoms with Crippen LogP contribution in [-0.2, 0) is 38.7 Å². The zero-order chi connectivity index (χ0) is 39.9. The predicted octanol–water partition coefficient (Wildman–Crippen LogP) is 5.88. The van der Waals surface area contributed by atoms with Crippen molar-refractivity contribution in [2.45, 2.75) is 101 Å². The van der Waals surface area contributed by atoms with Crippen LogP contribution in [0.1, 0.15) is 64.2 Å². The third-order valence-corrected chi connectivity index (χ3v) is 8.30. The van der Waals surface area contributed by atoms with E-state index in [2.05, 4.69) is 19.2 Å². The van der Waals surface area contributed by atoms with Gasteiger partial charge in [-0.1, -0.05) is 135 Å². The maximum atomic E-state index is 12.7. The van der Waals surface area contributed by atoms with E-state index in [0.717, 1.165) is 38.5 Å². The van der Waals surface area contributed by atoms with Crippen molar-refractivity contribution in [3.8, 4) is 0 Å². The van der Waals surface area contributed by atoms with Gasteiger partial charge >= 0.3 is 11.9 Å². The van der Waals surface area contributed by atoms with Crippen LogP contribution >= 0.6 is 0 Å². The summed E-state index contributed by atoms with van der Waals surface area (Å²) in [5.41, 5.74) is 0. The second-order valence-corrected chi connectivity index (χ2v) is 13.7. The van der Waals surface area contributed by atoms with Gasteiger partial charge in [0.05, 0.1) is 6.61 Å². The number of hydrogen-bond donors (Lipinski definition) is 4. The second kappa shape index (κ2) is 30.4. The number of carbonyl (C=O) groups is 2. The number of esters is 2. The largest absolute Gasteiger partial charge is 0.462 e. The van der Waals surface area contributed by atoms with E-state index in [9.17, 15) is 37.9 Å². The zero-order valence-electron chi connectivity index (χ0n) is 30.9. The van der Waals surface area contributed by atoms with Crippen molar-refractivity contribution >= 4 is 22.1 Å². The Morgan fingerprint density at radius 2 is 1.24 bits per heavy atom. The molecular weight excluding hydrogens is 717 g/mol. The smallest absolute Gasteiger partial charge is 0.306 e. The van der Waals surface area contributed by atoms with Crippen LogP contribution in [0.15, 0.2) is 123 Å². The van der Waals surface area contributed by atoms with Gasteiger partial charge in [-0.05, 0) is 32.1 Å². The van der Waals surface area contributed by atoms with Gasteiger partial charge < -0.3 is 34.3 Å². The topological polar surface area (TPSA) is 186 Å². The molecule has 1 saturated heterocycles. The summed E-state index contributed by atoms with van der Waals surface area (Å²) in [5.74, 6) is -2.19. The third-order valence-electron chi connectivity index (χ3n) is 7.55. The normalized spacial score (nSPS) is 21.9. The molecule has 13 heteroatoms. The molecule has 1 unspecified atom stereocenters. The molecule has 0 saturated carbocycles. The van der Waals surface area contributed by atoms with E-state index in [-0.39, 0.29) is 19.4 Å². The Morgan fingerprint density at radius 3 is 1.87 bits per heavy atom. The first-order valence-corrected chi connectivity index (χ1v) is 19.7. The van der Waals surface area contributed by atoms with Crippen LogP contribution < -0.4 is 0 Å². The highest BCUT2D eigenvalue weighted by molar-refractivity contribution is 7.85. The van der Waals surface area contributed by atoms with Gasteiger partial charge in [-0.3, -0.25) is 14.1 Å². The number of ether oxygens (including phenoxy) is 4. The third kappa shape index (κ3) is 25.1. The van der Waals surface area contributed by atoms with Gasteiger partial charge in [-0.2, -0.15) is 8.42 Å². The Hall–Kier alpha value is -3.95. The Labute approximate surface area is 320 Å². The summed E-state index contributed by atoms with van der Waals surface area (Å²) in [6, 6.07) is 0. The van der Waals surface area contributed by atoms with E-state index in [0.29, 0.717) is 12.8 Å². The maximum Gasteiger partial charge on any atom is 0.306 e. The molecule has 300 valence electrons. The first-order chi connectivity index (χ1) is 26.0. The average molecular weight is 775 g/mol. The number of allylic oxidation sites excluding steroid dienone is 18. The minimum atomic E-state index is -4.62. The number of hydrogen-bond acceptors (Lipinski definition) is 11. The molecule has 1 rings (SSSR count). The molecule has 0 bridgehead atoms. The van der Waals surface area contributed by atoms with Gasteiger partial charge in [0.15, 0.2) is 12.4 Å². The first kappa shape index (κ1) is 48.1. The molecule has 0 spiro atoms. The summed E-state index contributed by atoms with van der Waals surface area (Å²) in [4.78, 5) is 25.2. The molecule has 1 aliphatic rings. The molecule has 0 aromatic heterocycles. The van der Waals surface area contributed by atoms with E-state index in [4.69, 9.17) is 18.9 Å². The molecule has 54 heavy (non-hydrogen) atoms. The number of unbranched alkanes of at least 4 members (excludes halogenated alkanes) is 5. The number of aliphatic hydroxyl groups is 3. The predicted molar refractivity (Wildman–Crippen MR) is 210 cm³/mol. The van der Waals surface area contributed by atoms with Crippen molar-refractivity contribution < 1.29 is 56.8 Å². The van der Waals surface area contributed by atoms with Gasteiger partial charge in [-0.15, -0.1) is 6.58 Å². The number of carbonyl (C=O) groups excluding carboxylic acids is 2. The second-order valence-electron chi connectivity index (χ2n) is 12.2. The lowest BCUT2D eigenvalue weighted by atomic mass is 10.00. The van der Waals surface area contributed by atoms with Crippen LogP contribution in [0.2, 0.25) is 0 Å². The van der Waals surface area contributed by atoms with Crippen LogP contribution in [0.3, 0.4) is 0 Å². The van der Waals surface area contributed by atoms with Crippen LogP contribution in [0.5, 0.6) is 0 Å². The Morgan fingerprint density at radius 1 is 0.667 bits per heavy atom. The van der Waals surface area contributed by atoms with Gasteiger partial charge in [-0.25, -0.2) is 0 Å². The van der Waals surface area contributed by atoms with E-state index >= 15 is 0 Å². The quantitative estimate of drug-likeness (QED) is 0.0244. The van der Waals surface area contributed by atoms with Gasteiger partial charge in [0.25, 0.3) is 10.1 Å². The zero-order valence-corrected chi connectivity index (χ0v) is 31.7. The monoisotopic (exact) mass is 774 g/mol. The standard InChI is InChI=1S/C41H58O12S/c1-3-5-7-9-11-13-15-17-19-21-23-25-27-29-36(42)50-31-34(32-51-41-40(46)39(45)38(44)35(53-41)33-54(47,48)49)52-37(43)30-28-26-24-22-20-18-16-14-12-10-8-6-4-2/h3-5,7-16,18,20,22,24,26,34-35,38-41,44-46H,1-2,6,17,19,21,23,25,27-33H2,(H,47,48,49)/b7-5+,10-8+,11-9+,14-12+,15-13+,18-16+,22-20+,26-24+/t34-,35-,38-,39+,40-,41?/m1/s1. The molecule has 12 nitrogen and oxygen atoms in total. The molecule has 0 aromatic carbocycles. The minimum absolute atomic E-state index is 0.00608. The summed E-state index contributed by atoms with van der Waals surface area (Å²) < 4.78 is 53.6. The molecule has 6 atom stereocenters. The molecule has 0 aliphatic carbocycles. The molecular formula is C41H58O12S. The highest BCUT2D eigenvalue weighted by atomic mass is 32.2. The molecule has 0 amide bonds. The van der Waals surface area contributed by atoms with Gasteiger partial charge in [0.2, 0.25) is 0 Å². The van der Waals surface area contributed by atoms with Crippen LogP contribution in [-0.4, -0.2) is 96.0 Å². The Kier molecular flexibility index (Phi) is 27.0. The lowest BCUT2D eigenvalue weighted by molar-refractivity contribution is -0.297. The van der Waals surface area contributed by atoms with Crippen molar-refractivity contribution in [1.29, 1.82) is 0 Å². The summed E-state index contributed by atoms with van der Waals surface area (Å²) >= 11 is 0. The van der Waals surface area contributed by atoms with Crippen molar-refractivity contribution in [3.05, 3.63) is 123 Å². The van der Waals surface area contributed by atoms with Crippen molar-refractivity contribution in [1.82, 2.24) is 0 Å². The molecule has 0 aromatic rings. The van der Waals surface area contributed by atoms with E-state index in [1.54, 1.807) is 24.3 Å². The molecule has 1 heterocycles. The Bertz CT molecular complexity index is 1440. The first-order valence-electron chi connectivity index (χ1n) is 18.1. The summed E-state index contributed by atoms with van der Waals surface area (Å²) in [5, 5.41) is 30.7. The SMILES string of the molecule is C=C/C=C/C=C/C=C/CCCCCCCC(=O)OC[C@H](COC1O[C@H](CS(=O)(=O)O)[C@@H](O)[C@H](O)[C@H]1O)OC(=O)CC/C=C/C=C/C=C/C=C/C=C/CC=C. The Balaban J connectivity index is 2.64. The van der Waals surface area contributed by atoms with Crippen molar-refractivity contribution in [2.75, 3.05) is 19.0 Å². The fraction of sp³-hybridized carbons (Fsp3) is 0.463. The van der Waals surface area contributed by atoms with Gasteiger partial charge in [0, 0.05) is 12.8 Å². The molecule has 4 N–H and O–H groups in total. The van der Waals surface area contributed by atoms with Crippen LogP contribution in [0.25, 0.3) is 0 Å². The van der Waals surface area contributed by atoms with Crippen molar-refractivity contribution in [3.63, 3.8) is 0 Å². The van der Waals surface area contributed by atoms with Crippen LogP contribution in [0.4, 0.5) is 0 Å². The van der Waals surface area contributed by atoms with E-state index in [1.165, 1.54) is 0 Å². The van der Waals surface area contributed by atoms with E-state index in [1.807, 2.05) is 79.0 Å². The molecule has 0 radical (unpaired) electrons. The maximum absolute atomic E-state index is 12.7. The summed E-state index contributed by atoms with van der Waals surface area (Å²) in [7, 11) is -4.62. The van der Waals surface area contributed by atoms with Crippen LogP contribution in [0, 0.1) is 0 Å². The lowest BCUT2D eigenvalue weighted by Crippen LogP contribution is -2.60. The highest BCUT2D eigenvalue weighted by Crippen LogP contribution is 2.23. The average Bonchev–Trinajstić information content (AvgIpc) is 3.13. The number of aliphatic hydroxyl groups excluding tert-OH is 3. The van der Waals surface area contributed by atoms with Crippen molar-refractivity contribution in [2.24, 2.45) is 0 Å². The molecule has 1 fully saturated rings. The fourth-order valence-corrected chi connectivity index (χ4v) is 5.43. The highest BCUT2D eigenvalue weighted by Gasteiger charge is 2.46. The van der Waals surface area contributed by atoms with E-state index < -0.39 is 71.2 Å². The van der Waals surface area contributed by atoms with Gasteiger partial charge in [0.1, 0.15) is 36.8 Å². The number of rotatable bonds is 28.